The quantitative estimate of drug-likeness (QED) is 0.237. The number of ether oxygens (including phenoxy) is 1. The number of rotatable bonds is 8. The van der Waals surface area contributed by atoms with Crippen LogP contribution in [0.15, 0.2) is 48.8 Å². The number of benzene rings is 1. The highest BCUT2D eigenvalue weighted by Gasteiger charge is 2.60. The number of halogens is 5. The molecule has 1 aliphatic heterocycles. The largest absolute Gasteiger partial charge is 0.489 e. The number of hydrogen-bond acceptors (Lipinski definition) is 6. The molecule has 0 saturated heterocycles. The SMILES string of the molecule is NC(=O)[C@@]1(C2CC2)COc2c1cc(C(O)(CNC(=O)c1cc(Cl)c3nc(C4CC4)cn3c1)C(F)(F)F)nc2-c1ccc(F)cc1. The second-order valence-electron chi connectivity index (χ2n) is 11.9. The van der Waals surface area contributed by atoms with E-state index < -0.39 is 47.1 Å². The minimum absolute atomic E-state index is 0.0264. The first-order valence-corrected chi connectivity index (χ1v) is 14.7. The van der Waals surface area contributed by atoms with Crippen molar-refractivity contribution in [2.24, 2.45) is 11.7 Å². The molecule has 1 aromatic carbocycles. The standard InChI is InChI=1S/C31H26ClF4N5O4/c32-21-9-17(11-41-12-22(15-1-2-15)39-26(21)41)27(42)38-13-30(44,31(34,35)36)23-10-20-25(24(40-23)16-3-7-19(33)8-4-16)45-14-29(20,28(37)43)18-5-6-18/h3-4,7-12,15,18,44H,1-2,5-6,13-14H2,(H2,37,43)(H,38,42)/t29-,30?/m1/s1. The molecule has 4 N–H and O–H groups in total. The van der Waals surface area contributed by atoms with Crippen molar-refractivity contribution in [3.05, 3.63) is 82.1 Å². The molecule has 1 unspecified atom stereocenters. The number of primary amides is 1. The highest BCUT2D eigenvalue weighted by molar-refractivity contribution is 6.33. The van der Waals surface area contributed by atoms with Gasteiger partial charge in [-0.15, -0.1) is 0 Å². The Hall–Kier alpha value is -4.23. The predicted octanol–water partition coefficient (Wildman–Crippen LogP) is 4.77. The van der Waals surface area contributed by atoms with Gasteiger partial charge in [-0.05, 0) is 68.0 Å². The van der Waals surface area contributed by atoms with E-state index in [0.29, 0.717) is 24.4 Å². The molecule has 14 heteroatoms. The van der Waals surface area contributed by atoms with Crippen LogP contribution in [0.3, 0.4) is 0 Å². The molecule has 2 saturated carbocycles. The Balaban J connectivity index is 1.29. The number of aliphatic hydroxyl groups is 1. The number of nitrogens with zero attached hydrogens (tertiary/aromatic N) is 3. The van der Waals surface area contributed by atoms with Crippen molar-refractivity contribution < 1.29 is 37.0 Å². The zero-order valence-electron chi connectivity index (χ0n) is 23.5. The number of nitrogens with one attached hydrogen (secondary N) is 1. The molecule has 0 spiro atoms. The molecule has 2 aliphatic carbocycles. The van der Waals surface area contributed by atoms with Gasteiger partial charge in [0.15, 0.2) is 5.65 Å². The number of alkyl halides is 3. The van der Waals surface area contributed by atoms with Crippen LogP contribution in [0.4, 0.5) is 17.6 Å². The minimum atomic E-state index is -5.35. The van der Waals surface area contributed by atoms with Crippen molar-refractivity contribution >= 4 is 29.1 Å². The Kier molecular flexibility index (Phi) is 6.64. The second-order valence-corrected chi connectivity index (χ2v) is 12.3. The first kappa shape index (κ1) is 29.5. The summed E-state index contributed by atoms with van der Waals surface area (Å²) in [4.78, 5) is 34.7. The van der Waals surface area contributed by atoms with Crippen LogP contribution < -0.4 is 15.8 Å². The zero-order chi connectivity index (χ0) is 31.9. The van der Waals surface area contributed by atoms with E-state index >= 15 is 0 Å². The molecular formula is C31H26ClF4N5O4. The average molecular weight is 644 g/mol. The van der Waals surface area contributed by atoms with Crippen molar-refractivity contribution in [2.45, 2.75) is 48.8 Å². The van der Waals surface area contributed by atoms with Crippen molar-refractivity contribution in [2.75, 3.05) is 13.2 Å². The van der Waals surface area contributed by atoms with Gasteiger partial charge in [0.2, 0.25) is 11.5 Å². The summed E-state index contributed by atoms with van der Waals surface area (Å²) in [6.07, 6.45) is 0.940. The van der Waals surface area contributed by atoms with E-state index in [4.69, 9.17) is 22.1 Å². The van der Waals surface area contributed by atoms with Crippen LogP contribution in [0.2, 0.25) is 5.02 Å². The molecule has 2 fully saturated rings. The number of carbonyl (C=O) groups is 2. The molecule has 7 rings (SSSR count). The molecule has 9 nitrogen and oxygen atoms in total. The molecule has 4 heterocycles. The topological polar surface area (TPSA) is 132 Å². The van der Waals surface area contributed by atoms with Crippen molar-refractivity contribution in [3.63, 3.8) is 0 Å². The highest BCUT2D eigenvalue weighted by atomic mass is 35.5. The lowest BCUT2D eigenvalue weighted by Gasteiger charge is -2.32. The van der Waals surface area contributed by atoms with Crippen molar-refractivity contribution in [3.8, 4) is 17.0 Å². The van der Waals surface area contributed by atoms with Crippen LogP contribution in [0, 0.1) is 11.7 Å². The second kappa shape index (κ2) is 10.1. The van der Waals surface area contributed by atoms with Gasteiger partial charge < -0.3 is 25.3 Å². The Morgan fingerprint density at radius 1 is 1.11 bits per heavy atom. The van der Waals surface area contributed by atoms with Gasteiger partial charge in [0, 0.05) is 29.4 Å². The predicted molar refractivity (Wildman–Crippen MR) is 153 cm³/mol. The Morgan fingerprint density at radius 2 is 1.82 bits per heavy atom. The summed E-state index contributed by atoms with van der Waals surface area (Å²) in [5.74, 6) is -2.27. The fourth-order valence-electron chi connectivity index (χ4n) is 6.03. The zero-order valence-corrected chi connectivity index (χ0v) is 24.3. The fraction of sp³-hybridized carbons (Fsp3) is 0.355. The monoisotopic (exact) mass is 643 g/mol. The molecular weight excluding hydrogens is 618 g/mol. The van der Waals surface area contributed by atoms with Crippen LogP contribution in [-0.2, 0) is 15.8 Å². The van der Waals surface area contributed by atoms with E-state index in [1.165, 1.54) is 24.4 Å². The van der Waals surface area contributed by atoms with E-state index in [2.05, 4.69) is 15.3 Å². The maximum absolute atomic E-state index is 14.8. The van der Waals surface area contributed by atoms with Crippen molar-refractivity contribution in [1.29, 1.82) is 0 Å². The molecule has 0 radical (unpaired) electrons. The maximum Gasteiger partial charge on any atom is 0.424 e. The summed E-state index contributed by atoms with van der Waals surface area (Å²) in [5.41, 5.74) is 1.05. The van der Waals surface area contributed by atoms with Gasteiger partial charge in [-0.25, -0.2) is 14.4 Å². The number of imidazole rings is 1. The summed E-state index contributed by atoms with van der Waals surface area (Å²) < 4.78 is 65.6. The number of carbonyl (C=O) groups excluding carboxylic acids is 2. The summed E-state index contributed by atoms with van der Waals surface area (Å²) in [6.45, 7) is -1.55. The third kappa shape index (κ3) is 4.80. The fourth-order valence-corrected chi connectivity index (χ4v) is 6.29. The van der Waals surface area contributed by atoms with Gasteiger partial charge >= 0.3 is 6.18 Å². The number of pyridine rings is 2. The van der Waals surface area contributed by atoms with Crippen LogP contribution >= 0.6 is 11.6 Å². The molecule has 45 heavy (non-hydrogen) atoms. The number of fused-ring (bicyclic) bond motifs is 2. The molecule has 2 atom stereocenters. The smallest absolute Gasteiger partial charge is 0.424 e. The molecule has 4 aromatic rings. The molecule has 3 aliphatic rings. The first-order chi connectivity index (χ1) is 21.3. The summed E-state index contributed by atoms with van der Waals surface area (Å²) in [7, 11) is 0. The van der Waals surface area contributed by atoms with Gasteiger partial charge in [0.1, 0.15) is 29.3 Å². The minimum Gasteiger partial charge on any atom is -0.489 e. The normalized spacial score (nSPS) is 20.8. The van der Waals surface area contributed by atoms with Gasteiger partial charge in [-0.3, -0.25) is 9.59 Å². The van der Waals surface area contributed by atoms with Crippen LogP contribution in [-0.4, -0.2) is 50.6 Å². The van der Waals surface area contributed by atoms with Gasteiger partial charge in [-0.2, -0.15) is 13.2 Å². The lowest BCUT2D eigenvalue weighted by atomic mass is 9.76. The molecule has 234 valence electrons. The Bertz CT molecular complexity index is 1870. The van der Waals surface area contributed by atoms with Gasteiger partial charge in [0.05, 0.1) is 28.5 Å². The Labute approximate surface area is 258 Å². The maximum atomic E-state index is 14.8. The first-order valence-electron chi connectivity index (χ1n) is 14.3. The van der Waals surface area contributed by atoms with Crippen molar-refractivity contribution in [1.82, 2.24) is 19.7 Å². The third-order valence-corrected chi connectivity index (χ3v) is 9.19. The summed E-state index contributed by atoms with van der Waals surface area (Å²) in [5, 5.41) is 13.7. The molecule has 0 bridgehead atoms. The third-order valence-electron chi connectivity index (χ3n) is 8.91. The lowest BCUT2D eigenvalue weighted by molar-refractivity contribution is -0.265. The number of nitrogens with two attached hydrogens (primary N) is 1. The molecule has 3 aromatic heterocycles. The van der Waals surface area contributed by atoms with E-state index in [0.717, 1.165) is 36.7 Å². The number of amides is 2. The number of aromatic nitrogens is 3. The van der Waals surface area contributed by atoms with E-state index in [1.54, 1.807) is 10.6 Å². The van der Waals surface area contributed by atoms with Gasteiger partial charge in [0.25, 0.3) is 5.91 Å². The lowest BCUT2D eigenvalue weighted by Crippen LogP contribution is -2.52. The van der Waals surface area contributed by atoms with E-state index in [-0.39, 0.29) is 45.7 Å². The Morgan fingerprint density at radius 3 is 2.44 bits per heavy atom. The highest BCUT2D eigenvalue weighted by Crippen LogP contribution is 2.56. The molecule has 2 amide bonds. The van der Waals surface area contributed by atoms with Crippen LogP contribution in [0.25, 0.3) is 16.9 Å². The van der Waals surface area contributed by atoms with E-state index in [9.17, 15) is 32.3 Å². The summed E-state index contributed by atoms with van der Waals surface area (Å²) >= 11 is 6.35. The average Bonchev–Trinajstić information content (AvgIpc) is 3.94. The van der Waals surface area contributed by atoms with E-state index in [1.807, 2.05) is 0 Å². The van der Waals surface area contributed by atoms with Crippen LogP contribution in [0.1, 0.15) is 58.9 Å². The summed E-state index contributed by atoms with van der Waals surface area (Å²) in [6, 6.07) is 7.05. The van der Waals surface area contributed by atoms with Gasteiger partial charge in [-0.1, -0.05) is 11.6 Å². The van der Waals surface area contributed by atoms with Crippen LogP contribution in [0.5, 0.6) is 5.75 Å². The number of hydrogen-bond donors (Lipinski definition) is 3.